The average molecular weight is 439 g/mol. The van der Waals surface area contributed by atoms with Crippen LogP contribution in [0.3, 0.4) is 0 Å². The van der Waals surface area contributed by atoms with Crippen LogP contribution in [0.4, 0.5) is 13.6 Å². The number of fused-ring (bicyclic) bond motifs is 1. The zero-order chi connectivity index (χ0) is 23.0. The van der Waals surface area contributed by atoms with Crippen molar-refractivity contribution in [1.82, 2.24) is 20.0 Å². The Balaban J connectivity index is 1.74. The second-order valence-electron chi connectivity index (χ2n) is 9.30. The highest BCUT2D eigenvalue weighted by molar-refractivity contribution is 5.76. The number of carbonyl (C=O) groups is 1. The number of nitrogens with zero attached hydrogens (tertiary/aromatic N) is 3. The summed E-state index contributed by atoms with van der Waals surface area (Å²) < 4.78 is 28.9. The first kappa shape index (κ1) is 22.0. The fourth-order valence-corrected chi connectivity index (χ4v) is 4.06. The summed E-state index contributed by atoms with van der Waals surface area (Å²) in [5.41, 5.74) is 4.14. The molecule has 2 heterocycles. The average Bonchev–Trinajstić information content (AvgIpc) is 3.12. The van der Waals surface area contributed by atoms with Gasteiger partial charge in [-0.3, -0.25) is 4.68 Å². The summed E-state index contributed by atoms with van der Waals surface area (Å²) in [7, 11) is 0. The van der Waals surface area contributed by atoms with Crippen molar-refractivity contribution in [1.29, 1.82) is 0 Å². The highest BCUT2D eigenvalue weighted by Gasteiger charge is 2.30. The van der Waals surface area contributed by atoms with Crippen LogP contribution >= 0.6 is 0 Å². The van der Waals surface area contributed by atoms with Crippen LogP contribution in [0.1, 0.15) is 50.6 Å². The van der Waals surface area contributed by atoms with Crippen LogP contribution in [0, 0.1) is 11.6 Å². The molecule has 4 rings (SSSR count). The lowest BCUT2D eigenvalue weighted by molar-refractivity contribution is 0.182. The highest BCUT2D eigenvalue weighted by atomic mass is 19.1. The quantitative estimate of drug-likeness (QED) is 0.603. The van der Waals surface area contributed by atoms with Crippen LogP contribution in [0.15, 0.2) is 48.5 Å². The van der Waals surface area contributed by atoms with Crippen molar-refractivity contribution >= 4 is 6.03 Å². The molecule has 168 valence electrons. The Hall–Kier alpha value is -3.22. The maximum Gasteiger partial charge on any atom is 0.318 e. The summed E-state index contributed by atoms with van der Waals surface area (Å²) in [4.78, 5) is 14.6. The van der Waals surface area contributed by atoms with E-state index in [9.17, 15) is 13.6 Å². The Morgan fingerprint density at radius 1 is 1.03 bits per heavy atom. The van der Waals surface area contributed by atoms with E-state index in [1.807, 2.05) is 32.4 Å². The fraction of sp³-hybridized carbons (Fsp3) is 0.360. The second-order valence-corrected chi connectivity index (χ2v) is 9.30. The van der Waals surface area contributed by atoms with Crippen LogP contribution < -0.4 is 5.32 Å². The number of nitrogens with one attached hydrogen (secondary N) is 1. The lowest BCUT2D eigenvalue weighted by Crippen LogP contribution is -2.49. The summed E-state index contributed by atoms with van der Waals surface area (Å²) in [6, 6.07) is 12.4. The maximum atomic E-state index is 13.5. The molecule has 1 atom stereocenters. The summed E-state index contributed by atoms with van der Waals surface area (Å²) in [5, 5.41) is 7.92. The van der Waals surface area contributed by atoms with Gasteiger partial charge in [-0.05, 0) is 69.7 Å². The molecule has 0 radical (unpaired) electrons. The van der Waals surface area contributed by atoms with Gasteiger partial charge >= 0.3 is 6.03 Å². The third-order valence-electron chi connectivity index (χ3n) is 5.69. The van der Waals surface area contributed by atoms with Gasteiger partial charge in [0.1, 0.15) is 11.6 Å². The first-order valence-corrected chi connectivity index (χ1v) is 10.8. The van der Waals surface area contributed by atoms with Crippen molar-refractivity contribution in [2.75, 3.05) is 6.54 Å². The predicted octanol–water partition coefficient (Wildman–Crippen LogP) is 5.30. The van der Waals surface area contributed by atoms with Crippen molar-refractivity contribution in [3.05, 3.63) is 77.0 Å². The predicted molar refractivity (Wildman–Crippen MR) is 120 cm³/mol. The number of aromatic nitrogens is 2. The molecule has 0 bridgehead atoms. The summed E-state index contributed by atoms with van der Waals surface area (Å²) in [6.45, 7) is 8.86. The van der Waals surface area contributed by atoms with E-state index in [1.165, 1.54) is 24.3 Å². The normalized spacial score (nSPS) is 14.8. The molecule has 0 spiro atoms. The van der Waals surface area contributed by atoms with E-state index in [-0.39, 0.29) is 29.2 Å². The van der Waals surface area contributed by atoms with Crippen LogP contribution in [-0.4, -0.2) is 32.8 Å². The molecule has 1 aromatic heterocycles. The Kier molecular flexibility index (Phi) is 5.75. The van der Waals surface area contributed by atoms with E-state index in [2.05, 4.69) is 5.32 Å². The molecule has 0 saturated heterocycles. The van der Waals surface area contributed by atoms with Gasteiger partial charge in [0.05, 0.1) is 18.3 Å². The minimum atomic E-state index is -0.335. The highest BCUT2D eigenvalue weighted by Crippen LogP contribution is 2.33. The van der Waals surface area contributed by atoms with E-state index in [4.69, 9.17) is 5.10 Å². The van der Waals surface area contributed by atoms with E-state index in [0.29, 0.717) is 19.5 Å². The van der Waals surface area contributed by atoms with Crippen LogP contribution in [-0.2, 0) is 13.0 Å². The second kappa shape index (κ2) is 8.37. The van der Waals surface area contributed by atoms with Crippen LogP contribution in [0.2, 0.25) is 0 Å². The Morgan fingerprint density at radius 3 is 2.22 bits per heavy atom. The van der Waals surface area contributed by atoms with Gasteiger partial charge in [0.2, 0.25) is 0 Å². The standard InChI is InChI=1S/C25H28F2N4O/c1-16(17-5-9-19(26)10-6-17)31-22-13-14-30(24(32)28-25(2,3)4)15-21(22)23(29-31)18-7-11-20(27)12-8-18/h5-12,16H,13-15H2,1-4H3,(H,28,32)/t16-/m0/s1. The molecule has 2 amide bonds. The molecule has 0 saturated carbocycles. The number of rotatable bonds is 3. The van der Waals surface area contributed by atoms with Gasteiger partial charge in [-0.1, -0.05) is 12.1 Å². The minimum Gasteiger partial charge on any atom is -0.333 e. The third-order valence-corrected chi connectivity index (χ3v) is 5.69. The zero-order valence-corrected chi connectivity index (χ0v) is 18.8. The molecule has 1 aliphatic rings. The molecule has 7 heteroatoms. The lowest BCUT2D eigenvalue weighted by Gasteiger charge is -2.32. The molecule has 0 fully saturated rings. The van der Waals surface area contributed by atoms with E-state index in [0.717, 1.165) is 28.1 Å². The molecule has 1 N–H and O–H groups in total. The molecule has 32 heavy (non-hydrogen) atoms. The molecule has 1 aliphatic heterocycles. The van der Waals surface area contributed by atoms with Gasteiger partial charge < -0.3 is 10.2 Å². The maximum absolute atomic E-state index is 13.5. The number of hydrogen-bond donors (Lipinski definition) is 1. The smallest absolute Gasteiger partial charge is 0.318 e. The number of urea groups is 1. The largest absolute Gasteiger partial charge is 0.333 e. The number of benzene rings is 2. The van der Waals surface area contributed by atoms with Gasteiger partial charge in [-0.25, -0.2) is 13.6 Å². The van der Waals surface area contributed by atoms with Gasteiger partial charge in [0, 0.05) is 35.3 Å². The van der Waals surface area contributed by atoms with Gasteiger partial charge in [-0.2, -0.15) is 5.10 Å². The first-order chi connectivity index (χ1) is 15.1. The third kappa shape index (κ3) is 4.52. The monoisotopic (exact) mass is 438 g/mol. The molecule has 2 aromatic carbocycles. The topological polar surface area (TPSA) is 50.2 Å². The van der Waals surface area contributed by atoms with Gasteiger partial charge in [0.25, 0.3) is 0 Å². The molecule has 0 aliphatic carbocycles. The Morgan fingerprint density at radius 2 is 1.62 bits per heavy atom. The van der Waals surface area contributed by atoms with Gasteiger partial charge in [0.15, 0.2) is 0 Å². The van der Waals surface area contributed by atoms with E-state index >= 15 is 0 Å². The number of amides is 2. The Bertz CT molecular complexity index is 1110. The Labute approximate surface area is 187 Å². The lowest BCUT2D eigenvalue weighted by atomic mass is 10.00. The molecule has 3 aromatic rings. The fourth-order valence-electron chi connectivity index (χ4n) is 4.06. The summed E-state index contributed by atoms with van der Waals surface area (Å²) in [6.07, 6.45) is 0.645. The van der Waals surface area contributed by atoms with Crippen molar-refractivity contribution in [2.24, 2.45) is 0 Å². The van der Waals surface area contributed by atoms with Crippen molar-refractivity contribution in [3.8, 4) is 11.3 Å². The molecular formula is C25H28F2N4O. The van der Waals surface area contributed by atoms with E-state index < -0.39 is 0 Å². The zero-order valence-electron chi connectivity index (χ0n) is 18.8. The molecule has 0 unspecified atom stereocenters. The van der Waals surface area contributed by atoms with Crippen molar-refractivity contribution in [3.63, 3.8) is 0 Å². The minimum absolute atomic E-state index is 0.117. The van der Waals surface area contributed by atoms with Crippen molar-refractivity contribution in [2.45, 2.75) is 52.2 Å². The molecular weight excluding hydrogens is 410 g/mol. The van der Waals surface area contributed by atoms with Crippen molar-refractivity contribution < 1.29 is 13.6 Å². The van der Waals surface area contributed by atoms with Crippen LogP contribution in [0.5, 0.6) is 0 Å². The summed E-state index contributed by atoms with van der Waals surface area (Å²) in [5.74, 6) is -0.594. The molecule has 5 nitrogen and oxygen atoms in total. The first-order valence-electron chi connectivity index (χ1n) is 10.8. The number of halogens is 2. The SMILES string of the molecule is C[C@@H](c1ccc(F)cc1)n1nc(-c2ccc(F)cc2)c2c1CCN(C(=O)NC(C)(C)C)C2. The van der Waals surface area contributed by atoms with Crippen LogP contribution in [0.25, 0.3) is 11.3 Å². The number of carbonyl (C=O) groups excluding carboxylic acids is 1. The summed E-state index contributed by atoms with van der Waals surface area (Å²) >= 11 is 0. The van der Waals surface area contributed by atoms with E-state index in [1.54, 1.807) is 29.2 Å². The van der Waals surface area contributed by atoms with Gasteiger partial charge in [-0.15, -0.1) is 0 Å². The number of hydrogen-bond acceptors (Lipinski definition) is 2.